The van der Waals surface area contributed by atoms with E-state index in [1.165, 1.54) is 51.1 Å². The van der Waals surface area contributed by atoms with E-state index in [9.17, 15) is 4.39 Å². The van der Waals surface area contributed by atoms with Crippen LogP contribution in [-0.2, 0) is 5.67 Å². The largest absolute Gasteiger partial charge is 0.373 e. The first-order valence-electron chi connectivity index (χ1n) is 10.9. The molecule has 0 spiro atoms. The molecular weight excluding hydrogens is 397 g/mol. The second-order valence-electron chi connectivity index (χ2n) is 8.40. The average molecular weight is 430 g/mol. The quantitative estimate of drug-likeness (QED) is 0.527. The van der Waals surface area contributed by atoms with Crippen LogP contribution < -0.4 is 0 Å². The lowest BCUT2D eigenvalue weighted by atomic mass is 10.1. The minimum Gasteiger partial charge on any atom is -0.373 e. The number of fused-ring (bicyclic) bond motifs is 1. The molecule has 0 amide bonds. The summed E-state index contributed by atoms with van der Waals surface area (Å²) in [6.07, 6.45) is 6.56. The van der Waals surface area contributed by atoms with Gasteiger partial charge in [0, 0.05) is 37.3 Å². The Morgan fingerprint density at radius 1 is 1.23 bits per heavy atom. The van der Waals surface area contributed by atoms with Crippen LogP contribution in [0.15, 0.2) is 43.1 Å². The highest BCUT2D eigenvalue weighted by Crippen LogP contribution is 2.49. The van der Waals surface area contributed by atoms with Gasteiger partial charge in [-0.2, -0.15) is 0 Å². The maximum absolute atomic E-state index is 14.0. The third-order valence-corrected chi connectivity index (χ3v) is 6.25. The van der Waals surface area contributed by atoms with Crippen LogP contribution in [0, 0.1) is 0 Å². The van der Waals surface area contributed by atoms with E-state index in [-0.39, 0.29) is 0 Å². The Labute approximate surface area is 185 Å². The Hall–Kier alpha value is -1.91. The number of alkyl halides is 1. The molecule has 1 saturated heterocycles. The average Bonchev–Trinajstić information content (AvgIpc) is 3.51. The first kappa shape index (κ1) is 22.8. The Kier molecular flexibility index (Phi) is 7.54. The van der Waals surface area contributed by atoms with Crippen LogP contribution in [0.5, 0.6) is 0 Å². The van der Waals surface area contributed by atoms with Gasteiger partial charge in [0.05, 0.1) is 16.2 Å². The molecule has 30 heavy (non-hydrogen) atoms. The normalized spacial score (nSPS) is 17.9. The maximum atomic E-state index is 14.0. The number of piperazine rings is 1. The summed E-state index contributed by atoms with van der Waals surface area (Å²) in [6.45, 7) is 14.8. The number of aromatic nitrogens is 1. The van der Waals surface area contributed by atoms with Crippen LogP contribution in [0.4, 0.5) is 4.39 Å². The van der Waals surface area contributed by atoms with Crippen molar-refractivity contribution in [3.05, 3.63) is 59.4 Å². The molecule has 0 bridgehead atoms. The molecule has 1 saturated carbocycles. The Balaban J connectivity index is 0.000000178. The number of likely N-dealkylation sites (N-methyl/N-ethyl adjacent to an activating group) is 1. The van der Waals surface area contributed by atoms with Crippen molar-refractivity contribution in [1.29, 1.82) is 0 Å². The number of unbranched alkanes of at least 4 members (excludes halogenated alkanes) is 1. The fraction of sp³-hybridized carbons (Fsp3) is 0.480. The molecule has 2 fully saturated rings. The van der Waals surface area contributed by atoms with Crippen LogP contribution >= 0.6 is 11.6 Å². The number of hydrogen-bond acceptors (Lipinski definition) is 3. The number of nitrogens with zero attached hydrogens (tertiary/aromatic N) is 3. The van der Waals surface area contributed by atoms with Crippen molar-refractivity contribution in [3.63, 3.8) is 0 Å². The molecule has 0 atom stereocenters. The van der Waals surface area contributed by atoms with E-state index in [4.69, 9.17) is 11.6 Å². The number of benzene rings is 1. The van der Waals surface area contributed by atoms with Crippen LogP contribution in [-0.4, -0.2) is 48.0 Å². The monoisotopic (exact) mass is 429 g/mol. The molecule has 1 aromatic heterocycles. The van der Waals surface area contributed by atoms with Gasteiger partial charge >= 0.3 is 0 Å². The highest BCUT2D eigenvalue weighted by atomic mass is 35.5. The highest BCUT2D eigenvalue weighted by Gasteiger charge is 2.46. The Morgan fingerprint density at radius 2 is 1.93 bits per heavy atom. The van der Waals surface area contributed by atoms with Gasteiger partial charge < -0.3 is 9.80 Å². The Bertz CT molecular complexity index is 899. The summed E-state index contributed by atoms with van der Waals surface area (Å²) in [5.74, 6) is 0. The summed E-state index contributed by atoms with van der Waals surface area (Å²) in [4.78, 5) is 9.19. The molecule has 1 aliphatic carbocycles. The van der Waals surface area contributed by atoms with E-state index >= 15 is 0 Å². The SMILES string of the molecule is C=C(CCCC)N1CCN(C)CC1.C=Cc1ccc2c(Cl)cc(C3(F)CC3)nc2c1. The fourth-order valence-electron chi connectivity index (χ4n) is 3.59. The second-order valence-corrected chi connectivity index (χ2v) is 8.80. The zero-order valence-electron chi connectivity index (χ0n) is 18.3. The van der Waals surface area contributed by atoms with E-state index in [0.29, 0.717) is 23.6 Å². The van der Waals surface area contributed by atoms with Gasteiger partial charge in [0.15, 0.2) is 5.67 Å². The lowest BCUT2D eigenvalue weighted by Gasteiger charge is -2.35. The smallest absolute Gasteiger partial charge is 0.153 e. The summed E-state index contributed by atoms with van der Waals surface area (Å²) in [7, 11) is 2.19. The van der Waals surface area contributed by atoms with Crippen molar-refractivity contribution in [3.8, 4) is 0 Å². The molecule has 2 heterocycles. The number of rotatable bonds is 6. The Morgan fingerprint density at radius 3 is 2.53 bits per heavy atom. The highest BCUT2D eigenvalue weighted by molar-refractivity contribution is 6.35. The minimum atomic E-state index is -1.25. The number of allylic oxidation sites excluding steroid dienone is 1. The van der Waals surface area contributed by atoms with Gasteiger partial charge in [-0.25, -0.2) is 9.37 Å². The van der Waals surface area contributed by atoms with Crippen LogP contribution in [0.25, 0.3) is 17.0 Å². The third-order valence-electron chi connectivity index (χ3n) is 5.94. The van der Waals surface area contributed by atoms with E-state index in [1.54, 1.807) is 12.1 Å². The molecule has 1 aromatic carbocycles. The minimum absolute atomic E-state index is 0.455. The molecule has 0 N–H and O–H groups in total. The van der Waals surface area contributed by atoms with Gasteiger partial charge in [0.2, 0.25) is 0 Å². The zero-order chi connectivity index (χ0) is 21.7. The van der Waals surface area contributed by atoms with Crippen molar-refractivity contribution in [1.82, 2.24) is 14.8 Å². The molecule has 2 aliphatic rings. The van der Waals surface area contributed by atoms with Crippen molar-refractivity contribution >= 4 is 28.6 Å². The van der Waals surface area contributed by atoms with E-state index in [1.807, 2.05) is 18.2 Å². The second kappa shape index (κ2) is 9.93. The van der Waals surface area contributed by atoms with Crippen LogP contribution in [0.1, 0.15) is 50.3 Å². The summed E-state index contributed by atoms with van der Waals surface area (Å²) < 4.78 is 14.0. The topological polar surface area (TPSA) is 19.4 Å². The summed E-state index contributed by atoms with van der Waals surface area (Å²) >= 11 is 6.16. The van der Waals surface area contributed by atoms with E-state index in [0.717, 1.165) is 16.5 Å². The molecule has 0 unspecified atom stereocenters. The number of hydrogen-bond donors (Lipinski definition) is 0. The van der Waals surface area contributed by atoms with Gasteiger partial charge in [0.1, 0.15) is 0 Å². The lowest BCUT2D eigenvalue weighted by Crippen LogP contribution is -2.43. The molecule has 3 nitrogen and oxygen atoms in total. The first-order valence-corrected chi connectivity index (χ1v) is 11.3. The van der Waals surface area contributed by atoms with Gasteiger partial charge in [-0.1, -0.05) is 56.3 Å². The van der Waals surface area contributed by atoms with Gasteiger partial charge in [-0.15, -0.1) is 0 Å². The van der Waals surface area contributed by atoms with E-state index in [2.05, 4.69) is 41.9 Å². The molecular formula is C25H33ClFN3. The van der Waals surface area contributed by atoms with Gasteiger partial charge in [0.25, 0.3) is 0 Å². The fourth-order valence-corrected chi connectivity index (χ4v) is 3.85. The maximum Gasteiger partial charge on any atom is 0.153 e. The zero-order valence-corrected chi connectivity index (χ0v) is 19.0. The van der Waals surface area contributed by atoms with Crippen molar-refractivity contribution < 1.29 is 4.39 Å². The summed E-state index contributed by atoms with van der Waals surface area (Å²) in [5.41, 5.74) is 2.24. The first-order chi connectivity index (χ1) is 14.4. The lowest BCUT2D eigenvalue weighted by molar-refractivity contribution is 0.182. The van der Waals surface area contributed by atoms with Gasteiger partial charge in [-0.3, -0.25) is 0 Å². The number of halogens is 2. The summed E-state index contributed by atoms with van der Waals surface area (Å²) in [5, 5.41) is 1.41. The van der Waals surface area contributed by atoms with Crippen molar-refractivity contribution in [2.45, 2.75) is 44.7 Å². The molecule has 2 aromatic rings. The van der Waals surface area contributed by atoms with E-state index < -0.39 is 5.67 Å². The predicted molar refractivity (Wildman–Crippen MR) is 127 cm³/mol. The standard InChI is InChI=1S/C14H11ClFN.C11H22N2/c1-2-9-3-4-10-11(15)8-13(14(16)5-6-14)17-12(10)7-9;1-4-5-6-11(2)13-9-7-12(3)8-10-13/h2-4,7-8H,1,5-6H2;2,4-10H2,1,3H3. The molecule has 0 radical (unpaired) electrons. The summed E-state index contributed by atoms with van der Waals surface area (Å²) in [6, 6.07) is 7.34. The van der Waals surface area contributed by atoms with Crippen molar-refractivity contribution in [2.24, 2.45) is 0 Å². The molecule has 1 aliphatic heterocycles. The number of pyridine rings is 1. The van der Waals surface area contributed by atoms with Crippen LogP contribution in [0.2, 0.25) is 5.02 Å². The molecule has 5 heteroatoms. The van der Waals surface area contributed by atoms with Crippen LogP contribution in [0.3, 0.4) is 0 Å². The molecule has 162 valence electrons. The predicted octanol–water partition coefficient (Wildman–Crippen LogP) is 6.43. The molecule has 4 rings (SSSR count). The third kappa shape index (κ3) is 5.61. The van der Waals surface area contributed by atoms with Gasteiger partial charge in [-0.05, 0) is 50.4 Å². The van der Waals surface area contributed by atoms with Crippen molar-refractivity contribution in [2.75, 3.05) is 33.2 Å².